The van der Waals surface area contributed by atoms with Gasteiger partial charge in [0.15, 0.2) is 6.61 Å². The van der Waals surface area contributed by atoms with Gasteiger partial charge in [-0.05, 0) is 19.9 Å². The van der Waals surface area contributed by atoms with Crippen molar-refractivity contribution < 1.29 is 14.6 Å². The van der Waals surface area contributed by atoms with Crippen LogP contribution in [0.25, 0.3) is 6.08 Å². The predicted molar refractivity (Wildman–Crippen MR) is 56.9 cm³/mol. The van der Waals surface area contributed by atoms with Crippen LogP contribution in [-0.4, -0.2) is 22.7 Å². The minimum absolute atomic E-state index is 0.369. The Hall–Kier alpha value is -1.84. The molecule has 0 aliphatic rings. The van der Waals surface area contributed by atoms with Crippen molar-refractivity contribution in [1.82, 2.24) is 4.98 Å². The first kappa shape index (κ1) is 11.2. The van der Waals surface area contributed by atoms with Gasteiger partial charge in [0.1, 0.15) is 5.75 Å². The van der Waals surface area contributed by atoms with Gasteiger partial charge in [0.05, 0.1) is 5.69 Å². The van der Waals surface area contributed by atoms with E-state index in [1.165, 1.54) is 0 Å². The zero-order valence-corrected chi connectivity index (χ0v) is 8.78. The Balaban J connectivity index is 3.04. The van der Waals surface area contributed by atoms with E-state index in [9.17, 15) is 4.79 Å². The van der Waals surface area contributed by atoms with Crippen LogP contribution < -0.4 is 4.74 Å². The van der Waals surface area contributed by atoms with Gasteiger partial charge in [-0.25, -0.2) is 4.79 Å². The number of pyridine rings is 1. The summed E-state index contributed by atoms with van der Waals surface area (Å²) in [5.74, 6) is -0.525. The summed E-state index contributed by atoms with van der Waals surface area (Å²) in [5, 5.41) is 8.51. The second kappa shape index (κ2) is 4.59. The number of aryl methyl sites for hydroxylation is 2. The van der Waals surface area contributed by atoms with E-state index in [4.69, 9.17) is 9.84 Å². The van der Waals surface area contributed by atoms with Gasteiger partial charge in [-0.3, -0.25) is 4.98 Å². The lowest BCUT2D eigenvalue weighted by Gasteiger charge is -2.10. The Morgan fingerprint density at radius 1 is 1.67 bits per heavy atom. The lowest BCUT2D eigenvalue weighted by atomic mass is 10.1. The molecule has 80 valence electrons. The van der Waals surface area contributed by atoms with E-state index in [2.05, 4.69) is 11.6 Å². The highest BCUT2D eigenvalue weighted by atomic mass is 16.5. The first-order valence-electron chi connectivity index (χ1n) is 4.50. The Kier molecular flexibility index (Phi) is 3.44. The molecule has 0 aromatic carbocycles. The molecule has 0 saturated heterocycles. The van der Waals surface area contributed by atoms with Gasteiger partial charge in [-0.2, -0.15) is 0 Å². The molecule has 1 rings (SSSR count). The molecular formula is C11H13NO3. The standard InChI is InChI=1S/C11H13NO3/c1-4-9-5-7(2)12-8(3)11(9)15-6-10(13)14/h4-5H,1,6H2,2-3H3,(H,13,14). The number of rotatable bonds is 4. The lowest BCUT2D eigenvalue weighted by Crippen LogP contribution is -2.11. The molecule has 15 heavy (non-hydrogen) atoms. The van der Waals surface area contributed by atoms with Crippen LogP contribution in [0.1, 0.15) is 17.0 Å². The second-order valence-corrected chi connectivity index (χ2v) is 3.15. The molecule has 4 nitrogen and oxygen atoms in total. The zero-order valence-electron chi connectivity index (χ0n) is 8.78. The van der Waals surface area contributed by atoms with Crippen LogP contribution in [0, 0.1) is 13.8 Å². The van der Waals surface area contributed by atoms with Crippen molar-refractivity contribution in [3.8, 4) is 5.75 Å². The molecule has 0 amide bonds. The third-order valence-electron chi connectivity index (χ3n) is 1.86. The van der Waals surface area contributed by atoms with Gasteiger partial charge in [0, 0.05) is 11.3 Å². The van der Waals surface area contributed by atoms with Gasteiger partial charge < -0.3 is 9.84 Å². The van der Waals surface area contributed by atoms with Crippen molar-refractivity contribution in [1.29, 1.82) is 0 Å². The van der Waals surface area contributed by atoms with Crippen LogP contribution in [-0.2, 0) is 4.79 Å². The molecule has 4 heteroatoms. The molecule has 0 saturated carbocycles. The summed E-state index contributed by atoms with van der Waals surface area (Å²) >= 11 is 0. The smallest absolute Gasteiger partial charge is 0.341 e. The minimum atomic E-state index is -1.01. The average molecular weight is 207 g/mol. The van der Waals surface area contributed by atoms with Crippen molar-refractivity contribution in [3.63, 3.8) is 0 Å². The molecule has 0 radical (unpaired) electrons. The van der Waals surface area contributed by atoms with E-state index in [1.807, 2.05) is 6.92 Å². The first-order chi connectivity index (χ1) is 7.04. The number of nitrogens with zero attached hydrogens (tertiary/aromatic N) is 1. The van der Waals surface area contributed by atoms with Gasteiger partial charge in [-0.15, -0.1) is 0 Å². The predicted octanol–water partition coefficient (Wildman–Crippen LogP) is 1.80. The van der Waals surface area contributed by atoms with Gasteiger partial charge in [0.2, 0.25) is 0 Å². The summed E-state index contributed by atoms with van der Waals surface area (Å²) < 4.78 is 5.14. The second-order valence-electron chi connectivity index (χ2n) is 3.15. The number of aliphatic carboxylic acids is 1. The normalized spacial score (nSPS) is 9.73. The average Bonchev–Trinajstić information content (AvgIpc) is 2.14. The van der Waals surface area contributed by atoms with Crippen LogP contribution in [0.4, 0.5) is 0 Å². The van der Waals surface area contributed by atoms with E-state index in [0.717, 1.165) is 11.3 Å². The Bertz CT molecular complexity index is 399. The summed E-state index contributed by atoms with van der Waals surface area (Å²) in [5.41, 5.74) is 2.29. The molecule has 0 unspecified atom stereocenters. The van der Waals surface area contributed by atoms with Crippen LogP contribution in [0.3, 0.4) is 0 Å². The molecule has 0 fully saturated rings. The van der Waals surface area contributed by atoms with Gasteiger partial charge >= 0.3 is 5.97 Å². The Morgan fingerprint density at radius 3 is 2.87 bits per heavy atom. The van der Waals surface area contributed by atoms with E-state index in [1.54, 1.807) is 19.1 Å². The molecule has 1 N–H and O–H groups in total. The number of aromatic nitrogens is 1. The number of ether oxygens (including phenoxy) is 1. The Labute approximate surface area is 88.2 Å². The highest BCUT2D eigenvalue weighted by Crippen LogP contribution is 2.23. The molecule has 0 spiro atoms. The van der Waals surface area contributed by atoms with Crippen LogP contribution >= 0.6 is 0 Å². The van der Waals surface area contributed by atoms with E-state index >= 15 is 0 Å². The maximum Gasteiger partial charge on any atom is 0.341 e. The topological polar surface area (TPSA) is 59.4 Å². The monoisotopic (exact) mass is 207 g/mol. The number of carboxylic acid groups (broad SMARTS) is 1. The van der Waals surface area contributed by atoms with Crippen molar-refractivity contribution >= 4 is 12.0 Å². The van der Waals surface area contributed by atoms with E-state index in [0.29, 0.717) is 11.4 Å². The van der Waals surface area contributed by atoms with Crippen molar-refractivity contribution in [2.24, 2.45) is 0 Å². The fraction of sp³-hybridized carbons (Fsp3) is 0.273. The maximum atomic E-state index is 10.4. The SMILES string of the molecule is C=Cc1cc(C)nc(C)c1OCC(=O)O. The summed E-state index contributed by atoms with van der Waals surface area (Å²) in [6.07, 6.45) is 1.62. The number of hydrogen-bond donors (Lipinski definition) is 1. The maximum absolute atomic E-state index is 10.4. The summed E-state index contributed by atoms with van der Waals surface area (Å²) in [6.45, 7) is 6.91. The molecule has 0 aliphatic carbocycles. The summed E-state index contributed by atoms with van der Waals surface area (Å²) in [4.78, 5) is 14.6. The highest BCUT2D eigenvalue weighted by Gasteiger charge is 2.09. The highest BCUT2D eigenvalue weighted by molar-refractivity contribution is 5.69. The molecule has 1 heterocycles. The zero-order chi connectivity index (χ0) is 11.4. The van der Waals surface area contributed by atoms with E-state index < -0.39 is 5.97 Å². The van der Waals surface area contributed by atoms with Crippen LogP contribution in [0.5, 0.6) is 5.75 Å². The van der Waals surface area contributed by atoms with Crippen molar-refractivity contribution in [2.75, 3.05) is 6.61 Å². The quantitative estimate of drug-likeness (QED) is 0.817. The number of carboxylic acids is 1. The first-order valence-corrected chi connectivity index (χ1v) is 4.50. The molecular weight excluding hydrogens is 194 g/mol. The van der Waals surface area contributed by atoms with Gasteiger partial charge in [0.25, 0.3) is 0 Å². The molecule has 0 aliphatic heterocycles. The largest absolute Gasteiger partial charge is 0.479 e. The van der Waals surface area contributed by atoms with Crippen LogP contribution in [0.15, 0.2) is 12.6 Å². The van der Waals surface area contributed by atoms with E-state index in [-0.39, 0.29) is 6.61 Å². The number of carbonyl (C=O) groups is 1. The molecule has 0 atom stereocenters. The van der Waals surface area contributed by atoms with Crippen molar-refractivity contribution in [2.45, 2.75) is 13.8 Å². The fourth-order valence-electron chi connectivity index (χ4n) is 1.32. The minimum Gasteiger partial charge on any atom is -0.479 e. The summed E-state index contributed by atoms with van der Waals surface area (Å²) in [6, 6.07) is 1.80. The molecule has 1 aromatic heterocycles. The third-order valence-corrected chi connectivity index (χ3v) is 1.86. The molecule has 0 bridgehead atoms. The Morgan fingerprint density at radius 2 is 2.33 bits per heavy atom. The molecule has 1 aromatic rings. The lowest BCUT2D eigenvalue weighted by molar-refractivity contribution is -0.139. The van der Waals surface area contributed by atoms with Crippen molar-refractivity contribution in [3.05, 3.63) is 29.6 Å². The number of hydrogen-bond acceptors (Lipinski definition) is 3. The summed E-state index contributed by atoms with van der Waals surface area (Å²) in [7, 11) is 0. The van der Waals surface area contributed by atoms with Gasteiger partial charge in [-0.1, -0.05) is 12.7 Å². The van der Waals surface area contributed by atoms with Crippen LogP contribution in [0.2, 0.25) is 0 Å². The third kappa shape index (κ3) is 2.80. The fourth-order valence-corrected chi connectivity index (χ4v) is 1.32.